The third-order valence-electron chi connectivity index (χ3n) is 19.1. The second kappa shape index (κ2) is 69.8. The van der Waals surface area contributed by atoms with Crippen LogP contribution in [0, 0.1) is 0 Å². The van der Waals surface area contributed by atoms with Gasteiger partial charge in [-0.1, -0.05) is 425 Å². The van der Waals surface area contributed by atoms with E-state index in [1.807, 2.05) is 21.1 Å². The van der Waals surface area contributed by atoms with Gasteiger partial charge in [-0.3, -0.25) is 13.8 Å². The maximum atomic E-state index is 13.1. The number of quaternary nitrogens is 1. The van der Waals surface area contributed by atoms with Crippen LogP contribution in [0.15, 0.2) is 0 Å². The van der Waals surface area contributed by atoms with Gasteiger partial charge in [0.1, 0.15) is 13.2 Å². The molecule has 0 aliphatic rings. The van der Waals surface area contributed by atoms with E-state index in [9.17, 15) is 19.4 Å². The Morgan fingerprint density at radius 1 is 0.345 bits per heavy atom. The highest BCUT2D eigenvalue weighted by molar-refractivity contribution is 7.47. The number of amides is 1. The summed E-state index contributed by atoms with van der Waals surface area (Å²) in [6.07, 6.45) is 89.7. The summed E-state index contributed by atoms with van der Waals surface area (Å²) >= 11 is 0. The maximum absolute atomic E-state index is 13.1. The number of unbranched alkanes of at least 4 members (excludes halogenated alkanes) is 63. The van der Waals surface area contributed by atoms with Gasteiger partial charge < -0.3 is 19.8 Å². The maximum Gasteiger partial charge on any atom is 0.472 e. The van der Waals surface area contributed by atoms with Crippen molar-refractivity contribution >= 4 is 13.7 Å². The van der Waals surface area contributed by atoms with Gasteiger partial charge in [0, 0.05) is 6.42 Å². The molecule has 3 unspecified atom stereocenters. The molecule has 0 radical (unpaired) electrons. The monoisotopic (exact) mass is 1250 g/mol. The molecule has 3 N–H and O–H groups in total. The molecule has 0 fully saturated rings. The number of rotatable bonds is 76. The molecule has 3 atom stereocenters. The summed E-state index contributed by atoms with van der Waals surface area (Å²) < 4.78 is 24.0. The third-order valence-corrected chi connectivity index (χ3v) is 20.1. The fraction of sp³-hybridized carbons (Fsp3) is 0.987. The third kappa shape index (κ3) is 72.8. The Bertz CT molecular complexity index is 1380. The summed E-state index contributed by atoms with van der Waals surface area (Å²) in [5, 5.41) is 14.2. The molecule has 0 aromatic carbocycles. The van der Waals surface area contributed by atoms with Gasteiger partial charge in [0.05, 0.1) is 39.9 Å². The largest absolute Gasteiger partial charge is 0.472 e. The number of nitrogens with zero attached hydrogens (tertiary/aromatic N) is 1. The first-order valence-electron chi connectivity index (χ1n) is 39.9. The van der Waals surface area contributed by atoms with Crippen LogP contribution in [-0.2, 0) is 18.4 Å². The van der Waals surface area contributed by atoms with E-state index in [1.54, 1.807) is 0 Å². The average molecular weight is 1250 g/mol. The Balaban J connectivity index is 3.88. The van der Waals surface area contributed by atoms with E-state index in [-0.39, 0.29) is 19.1 Å². The molecule has 0 bridgehead atoms. The molecule has 0 spiro atoms. The first-order valence-corrected chi connectivity index (χ1v) is 41.4. The normalized spacial score (nSPS) is 13.4. The molecule has 8 nitrogen and oxygen atoms in total. The lowest BCUT2D eigenvalue weighted by atomic mass is 10.0. The van der Waals surface area contributed by atoms with Crippen LogP contribution in [0.3, 0.4) is 0 Å². The Labute approximate surface area is 546 Å². The van der Waals surface area contributed by atoms with Crippen molar-refractivity contribution in [2.45, 2.75) is 456 Å². The lowest BCUT2D eigenvalue weighted by Crippen LogP contribution is -2.46. The van der Waals surface area contributed by atoms with Crippen molar-refractivity contribution in [1.29, 1.82) is 0 Å². The van der Waals surface area contributed by atoms with E-state index in [1.165, 1.54) is 379 Å². The molecule has 1 amide bonds. The number of hydrogen-bond donors (Lipinski definition) is 3. The van der Waals surface area contributed by atoms with Crippen molar-refractivity contribution in [3.8, 4) is 0 Å². The number of phosphoric acid groups is 1. The van der Waals surface area contributed by atoms with Crippen LogP contribution in [-0.4, -0.2) is 73.4 Å². The van der Waals surface area contributed by atoms with E-state index in [0.717, 1.165) is 38.5 Å². The van der Waals surface area contributed by atoms with Gasteiger partial charge in [-0.25, -0.2) is 4.57 Å². The lowest BCUT2D eigenvalue weighted by molar-refractivity contribution is -0.870. The second-order valence-corrected chi connectivity index (χ2v) is 30.6. The van der Waals surface area contributed by atoms with Crippen molar-refractivity contribution in [3.05, 3.63) is 0 Å². The highest BCUT2D eigenvalue weighted by Gasteiger charge is 2.28. The van der Waals surface area contributed by atoms with Gasteiger partial charge in [0.15, 0.2) is 0 Å². The van der Waals surface area contributed by atoms with Crippen LogP contribution in [0.2, 0.25) is 0 Å². The van der Waals surface area contributed by atoms with Crippen LogP contribution in [0.5, 0.6) is 0 Å². The highest BCUT2D eigenvalue weighted by Crippen LogP contribution is 2.43. The molecule has 0 saturated heterocycles. The summed E-state index contributed by atoms with van der Waals surface area (Å²) in [5.41, 5.74) is 0. The van der Waals surface area contributed by atoms with Crippen molar-refractivity contribution in [2.75, 3.05) is 40.9 Å². The molecule has 9 heteroatoms. The van der Waals surface area contributed by atoms with Crippen molar-refractivity contribution < 1.29 is 32.9 Å². The van der Waals surface area contributed by atoms with Crippen LogP contribution in [0.4, 0.5) is 0 Å². The summed E-state index contributed by atoms with van der Waals surface area (Å²) in [7, 11) is 1.65. The Morgan fingerprint density at radius 2 is 0.552 bits per heavy atom. The molecule has 0 heterocycles. The van der Waals surface area contributed by atoms with Crippen LogP contribution >= 0.6 is 7.82 Å². The first kappa shape index (κ1) is 86.5. The van der Waals surface area contributed by atoms with Crippen LogP contribution in [0.25, 0.3) is 0 Å². The molecule has 87 heavy (non-hydrogen) atoms. The summed E-state index contributed by atoms with van der Waals surface area (Å²) in [5.74, 6) is -0.131. The molecular formula is C78H160N2O6P+. The first-order chi connectivity index (χ1) is 42.5. The van der Waals surface area contributed by atoms with Crippen molar-refractivity contribution in [3.63, 3.8) is 0 Å². The van der Waals surface area contributed by atoms with Crippen molar-refractivity contribution in [2.24, 2.45) is 0 Å². The highest BCUT2D eigenvalue weighted by atomic mass is 31.2. The molecule has 0 aromatic heterocycles. The number of carbonyl (C=O) groups excluding carboxylic acids is 1. The number of aliphatic hydroxyl groups is 1. The predicted molar refractivity (Wildman–Crippen MR) is 383 cm³/mol. The summed E-state index contributed by atoms with van der Waals surface area (Å²) in [6, 6.07) is -0.758. The van der Waals surface area contributed by atoms with Crippen LogP contribution < -0.4 is 5.32 Å². The minimum absolute atomic E-state index is 0.0796. The SMILES string of the molecule is CCCCCCCCCCCCCCCCCCCCCCCCCCCCCCCCCCCCCCCC(=O)NC(COP(=O)(O)OCC[N+](C)(C)C)C(O)CCCCCCCCCCCCCCCCCCCCCCCCCCCCCC. The molecule has 0 aromatic rings. The van der Waals surface area contributed by atoms with Gasteiger partial charge in [-0.2, -0.15) is 0 Å². The zero-order valence-corrected chi connectivity index (χ0v) is 61.0. The van der Waals surface area contributed by atoms with E-state index in [4.69, 9.17) is 9.05 Å². The minimum atomic E-state index is -4.33. The van der Waals surface area contributed by atoms with E-state index < -0.39 is 20.0 Å². The van der Waals surface area contributed by atoms with Gasteiger partial charge in [-0.05, 0) is 12.8 Å². The van der Waals surface area contributed by atoms with E-state index in [2.05, 4.69) is 19.2 Å². The minimum Gasteiger partial charge on any atom is -0.391 e. The zero-order valence-electron chi connectivity index (χ0n) is 60.1. The molecule has 0 aliphatic heterocycles. The zero-order chi connectivity index (χ0) is 63.4. The van der Waals surface area contributed by atoms with Gasteiger partial charge >= 0.3 is 7.82 Å². The Kier molecular flexibility index (Phi) is 69.4. The topological polar surface area (TPSA) is 105 Å². The standard InChI is InChI=1S/C78H159N2O6P/c1-6-8-10-12-14-16-18-20-22-24-26-28-30-32-34-36-37-38-39-40-41-42-43-44-46-48-50-52-54-56-58-60-62-64-66-68-70-72-78(82)79-76(75-86-87(83,84)85-74-73-80(3,4)5)77(81)71-69-67-65-63-61-59-57-55-53-51-49-47-45-35-33-31-29-27-25-23-21-19-17-15-13-11-9-7-2/h76-77,81H,6-75H2,1-5H3,(H-,79,82,83,84)/p+1. The van der Waals surface area contributed by atoms with Crippen molar-refractivity contribution in [1.82, 2.24) is 5.32 Å². The number of aliphatic hydroxyl groups excluding tert-OH is 1. The van der Waals surface area contributed by atoms with Crippen LogP contribution in [0.1, 0.15) is 444 Å². The number of likely N-dealkylation sites (N-methyl/N-ethyl adjacent to an activating group) is 1. The second-order valence-electron chi connectivity index (χ2n) is 29.2. The molecule has 522 valence electrons. The number of nitrogens with one attached hydrogen (secondary N) is 1. The number of hydrogen-bond acceptors (Lipinski definition) is 5. The average Bonchev–Trinajstić information content (AvgIpc) is 3.70. The van der Waals surface area contributed by atoms with Gasteiger partial charge in [0.25, 0.3) is 0 Å². The molecule has 0 rings (SSSR count). The molecule has 0 aliphatic carbocycles. The summed E-state index contributed by atoms with van der Waals surface area (Å²) in [4.78, 5) is 23.5. The number of phosphoric ester groups is 1. The number of carbonyl (C=O) groups is 1. The Morgan fingerprint density at radius 3 is 0.770 bits per heavy atom. The molecular weight excluding hydrogens is 1090 g/mol. The van der Waals surface area contributed by atoms with E-state index in [0.29, 0.717) is 23.9 Å². The quantitative estimate of drug-likeness (QED) is 0.0318. The van der Waals surface area contributed by atoms with Gasteiger partial charge in [0.2, 0.25) is 5.91 Å². The fourth-order valence-electron chi connectivity index (χ4n) is 12.9. The fourth-order valence-corrected chi connectivity index (χ4v) is 13.7. The lowest BCUT2D eigenvalue weighted by Gasteiger charge is -2.26. The summed E-state index contributed by atoms with van der Waals surface area (Å²) in [6.45, 7) is 4.98. The van der Waals surface area contributed by atoms with E-state index >= 15 is 0 Å². The smallest absolute Gasteiger partial charge is 0.391 e. The predicted octanol–water partition coefficient (Wildman–Crippen LogP) is 25.8. The Hall–Kier alpha value is -0.500. The van der Waals surface area contributed by atoms with Gasteiger partial charge in [-0.15, -0.1) is 0 Å². The molecule has 0 saturated carbocycles.